The van der Waals surface area contributed by atoms with Gasteiger partial charge in [-0.3, -0.25) is 4.79 Å². The van der Waals surface area contributed by atoms with Crippen molar-refractivity contribution in [3.05, 3.63) is 0 Å². The molecule has 0 spiro atoms. The van der Waals surface area contributed by atoms with Gasteiger partial charge < -0.3 is 0 Å². The van der Waals surface area contributed by atoms with Crippen LogP contribution in [0.25, 0.3) is 0 Å². The third kappa shape index (κ3) is 1.51. The maximum absolute atomic E-state index is 11.5. The Hall–Kier alpha value is -0.330. The highest BCUT2D eigenvalue weighted by Gasteiger charge is 2.48. The van der Waals surface area contributed by atoms with Crippen molar-refractivity contribution in [1.82, 2.24) is 0 Å². The number of Topliss-reactive ketones (excluding diaryl/α,β-unsaturated/α-hetero) is 1. The van der Waals surface area contributed by atoms with E-state index in [0.29, 0.717) is 17.1 Å². The third-order valence-corrected chi connectivity index (χ3v) is 4.74. The lowest BCUT2D eigenvalue weighted by molar-refractivity contribution is -0.124. The zero-order valence-corrected chi connectivity index (χ0v) is 9.68. The summed E-state index contributed by atoms with van der Waals surface area (Å²) in [5.74, 6) is 2.78. The van der Waals surface area contributed by atoms with E-state index in [1.165, 1.54) is 12.8 Å². The van der Waals surface area contributed by atoms with Gasteiger partial charge in [-0.15, -0.1) is 0 Å². The Morgan fingerprint density at radius 2 is 2.07 bits per heavy atom. The Morgan fingerprint density at radius 1 is 1.36 bits per heavy atom. The molecule has 0 heterocycles. The van der Waals surface area contributed by atoms with Crippen molar-refractivity contribution in [3.63, 3.8) is 0 Å². The van der Waals surface area contributed by atoms with E-state index >= 15 is 0 Å². The van der Waals surface area contributed by atoms with Gasteiger partial charge in [0, 0.05) is 12.8 Å². The summed E-state index contributed by atoms with van der Waals surface area (Å²) >= 11 is 0. The third-order valence-electron chi connectivity index (χ3n) is 4.74. The maximum atomic E-state index is 11.5. The van der Waals surface area contributed by atoms with Crippen LogP contribution in [0, 0.1) is 23.2 Å². The summed E-state index contributed by atoms with van der Waals surface area (Å²) in [6.45, 7) is 7.04. The van der Waals surface area contributed by atoms with Crippen molar-refractivity contribution in [2.75, 3.05) is 0 Å². The number of ketones is 1. The molecule has 0 aromatic rings. The van der Waals surface area contributed by atoms with E-state index < -0.39 is 0 Å². The van der Waals surface area contributed by atoms with Crippen molar-refractivity contribution in [2.45, 2.75) is 52.9 Å². The van der Waals surface area contributed by atoms with Crippen LogP contribution in [-0.2, 0) is 4.79 Å². The van der Waals surface area contributed by atoms with Crippen molar-refractivity contribution in [1.29, 1.82) is 0 Å². The summed E-state index contributed by atoms with van der Waals surface area (Å²) < 4.78 is 0. The minimum absolute atomic E-state index is 0.503. The first-order valence-corrected chi connectivity index (χ1v) is 6.04. The fraction of sp³-hybridized carbons (Fsp3) is 0.923. The molecule has 2 fully saturated rings. The topological polar surface area (TPSA) is 17.1 Å². The molecular weight excluding hydrogens is 172 g/mol. The quantitative estimate of drug-likeness (QED) is 0.625. The maximum Gasteiger partial charge on any atom is 0.133 e. The molecule has 0 bridgehead atoms. The van der Waals surface area contributed by atoms with Crippen LogP contribution >= 0.6 is 0 Å². The second kappa shape index (κ2) is 3.36. The van der Waals surface area contributed by atoms with Crippen LogP contribution in [0.5, 0.6) is 0 Å². The van der Waals surface area contributed by atoms with E-state index in [1.807, 2.05) is 0 Å². The Bertz CT molecular complexity index is 244. The van der Waals surface area contributed by atoms with E-state index in [9.17, 15) is 4.79 Å². The number of rotatable bonds is 1. The fourth-order valence-corrected chi connectivity index (χ4v) is 3.68. The van der Waals surface area contributed by atoms with E-state index in [2.05, 4.69) is 20.8 Å². The first kappa shape index (κ1) is 10.2. The van der Waals surface area contributed by atoms with Crippen LogP contribution in [0.15, 0.2) is 0 Å². The standard InChI is InChI=1S/C13H22O/c1-9(2)11-5-7-13(3)6-4-10(14)8-12(11)13/h9,11-12H,4-8H2,1-3H3/t11-,12+,13-/m1/s1. The van der Waals surface area contributed by atoms with E-state index in [4.69, 9.17) is 0 Å². The van der Waals surface area contributed by atoms with E-state index in [0.717, 1.165) is 31.1 Å². The SMILES string of the molecule is CC(C)[C@H]1CC[C@@]2(C)CCC(=O)C[C@@H]12. The first-order chi connectivity index (χ1) is 6.53. The number of carbonyl (C=O) groups is 1. The van der Waals surface area contributed by atoms with Crippen molar-refractivity contribution < 1.29 is 4.79 Å². The van der Waals surface area contributed by atoms with Gasteiger partial charge in [0.05, 0.1) is 0 Å². The van der Waals surface area contributed by atoms with Crippen LogP contribution < -0.4 is 0 Å². The van der Waals surface area contributed by atoms with Gasteiger partial charge >= 0.3 is 0 Å². The largest absolute Gasteiger partial charge is 0.300 e. The van der Waals surface area contributed by atoms with Gasteiger partial charge in [-0.2, -0.15) is 0 Å². The molecule has 0 radical (unpaired) electrons. The molecular formula is C13H22O. The van der Waals surface area contributed by atoms with Crippen molar-refractivity contribution >= 4 is 5.78 Å². The molecule has 0 aliphatic heterocycles. The predicted octanol–water partition coefficient (Wildman–Crippen LogP) is 3.43. The van der Waals surface area contributed by atoms with E-state index in [-0.39, 0.29) is 0 Å². The molecule has 0 amide bonds. The Balaban J connectivity index is 2.18. The molecule has 0 saturated heterocycles. The predicted molar refractivity (Wildman–Crippen MR) is 58.0 cm³/mol. The van der Waals surface area contributed by atoms with Crippen LogP contribution in [0.4, 0.5) is 0 Å². The van der Waals surface area contributed by atoms with Crippen LogP contribution in [0.2, 0.25) is 0 Å². The summed E-state index contributed by atoms with van der Waals surface area (Å²) in [5.41, 5.74) is 0.503. The molecule has 80 valence electrons. The summed E-state index contributed by atoms with van der Waals surface area (Å²) in [6.07, 6.45) is 5.58. The van der Waals surface area contributed by atoms with Crippen molar-refractivity contribution in [3.8, 4) is 0 Å². The van der Waals surface area contributed by atoms with Gasteiger partial charge in [-0.05, 0) is 42.4 Å². The molecule has 1 nitrogen and oxygen atoms in total. The molecule has 2 saturated carbocycles. The molecule has 2 aliphatic carbocycles. The molecule has 0 unspecified atom stereocenters. The van der Waals surface area contributed by atoms with Gasteiger partial charge in [-0.1, -0.05) is 20.8 Å². The fourth-order valence-electron chi connectivity index (χ4n) is 3.68. The molecule has 2 rings (SSSR count). The van der Waals surface area contributed by atoms with Gasteiger partial charge in [0.15, 0.2) is 0 Å². The Morgan fingerprint density at radius 3 is 2.71 bits per heavy atom. The van der Waals surface area contributed by atoms with Crippen LogP contribution in [0.3, 0.4) is 0 Å². The van der Waals surface area contributed by atoms with Gasteiger partial charge in [0.25, 0.3) is 0 Å². The Labute approximate surface area is 87.3 Å². The number of fused-ring (bicyclic) bond motifs is 1. The minimum Gasteiger partial charge on any atom is -0.300 e. The number of carbonyl (C=O) groups excluding carboxylic acids is 1. The van der Waals surface area contributed by atoms with Gasteiger partial charge in [0.1, 0.15) is 5.78 Å². The summed E-state index contributed by atoms with van der Waals surface area (Å²) in [7, 11) is 0. The molecule has 0 aromatic heterocycles. The monoisotopic (exact) mass is 194 g/mol. The molecule has 0 N–H and O–H groups in total. The molecule has 2 aliphatic rings. The minimum atomic E-state index is 0.503. The average Bonchev–Trinajstić information content (AvgIpc) is 2.43. The van der Waals surface area contributed by atoms with Crippen LogP contribution in [-0.4, -0.2) is 5.78 Å². The van der Waals surface area contributed by atoms with E-state index in [1.54, 1.807) is 0 Å². The lowest BCUT2D eigenvalue weighted by atomic mass is 9.65. The smallest absolute Gasteiger partial charge is 0.133 e. The lowest BCUT2D eigenvalue weighted by Crippen LogP contribution is -2.34. The normalized spacial score (nSPS) is 43.0. The average molecular weight is 194 g/mol. The second-order valence-corrected chi connectivity index (χ2v) is 5.95. The zero-order valence-electron chi connectivity index (χ0n) is 9.68. The molecule has 3 atom stereocenters. The second-order valence-electron chi connectivity index (χ2n) is 5.95. The molecule has 0 aromatic carbocycles. The lowest BCUT2D eigenvalue weighted by Gasteiger charge is -2.38. The summed E-state index contributed by atoms with van der Waals surface area (Å²) in [5, 5.41) is 0. The first-order valence-electron chi connectivity index (χ1n) is 6.04. The highest BCUT2D eigenvalue weighted by Crippen LogP contribution is 2.55. The van der Waals surface area contributed by atoms with Gasteiger partial charge in [0.2, 0.25) is 0 Å². The molecule has 14 heavy (non-hydrogen) atoms. The highest BCUT2D eigenvalue weighted by atomic mass is 16.1. The van der Waals surface area contributed by atoms with Crippen LogP contribution in [0.1, 0.15) is 52.9 Å². The number of hydrogen-bond acceptors (Lipinski definition) is 1. The summed E-state index contributed by atoms with van der Waals surface area (Å²) in [4.78, 5) is 11.5. The van der Waals surface area contributed by atoms with Crippen molar-refractivity contribution in [2.24, 2.45) is 23.2 Å². The molecule has 1 heteroatoms. The summed E-state index contributed by atoms with van der Waals surface area (Å²) in [6, 6.07) is 0. The number of hydrogen-bond donors (Lipinski definition) is 0. The highest BCUT2D eigenvalue weighted by molar-refractivity contribution is 5.79. The zero-order chi connectivity index (χ0) is 10.3. The Kier molecular flexibility index (Phi) is 2.45. The van der Waals surface area contributed by atoms with Gasteiger partial charge in [-0.25, -0.2) is 0 Å².